The summed E-state index contributed by atoms with van der Waals surface area (Å²) in [6, 6.07) is 5.69. The highest BCUT2D eigenvalue weighted by molar-refractivity contribution is 5.90. The normalized spacial score (nSPS) is 33.0. The van der Waals surface area contributed by atoms with E-state index >= 15 is 0 Å². The topological polar surface area (TPSA) is 81.6 Å². The van der Waals surface area contributed by atoms with Crippen LogP contribution in [-0.4, -0.2) is 35.0 Å². The molecule has 0 aromatic heterocycles. The molecule has 0 aliphatic heterocycles. The van der Waals surface area contributed by atoms with E-state index in [0.717, 1.165) is 29.7 Å². The Hall–Kier alpha value is -1.59. The van der Waals surface area contributed by atoms with Crippen molar-refractivity contribution < 1.29 is 15.0 Å². The van der Waals surface area contributed by atoms with Crippen LogP contribution in [0.5, 0.6) is 0 Å². The molecule has 5 atom stereocenters. The van der Waals surface area contributed by atoms with Gasteiger partial charge in [-0.3, -0.25) is 0 Å². The first-order valence-corrected chi connectivity index (χ1v) is 7.94. The molecular formula is C17H24N2O3. The number of aliphatic hydroxyl groups excluding tert-OH is 2. The zero-order chi connectivity index (χ0) is 15.9. The van der Waals surface area contributed by atoms with Gasteiger partial charge in [0.25, 0.3) is 0 Å². The number of aliphatic hydroxyl groups is 2. The molecule has 120 valence electrons. The van der Waals surface area contributed by atoms with Crippen molar-refractivity contribution in [3.8, 4) is 0 Å². The molecule has 2 bridgehead atoms. The van der Waals surface area contributed by atoms with E-state index in [2.05, 4.69) is 10.6 Å². The molecule has 1 aromatic carbocycles. The van der Waals surface area contributed by atoms with Crippen molar-refractivity contribution in [2.45, 2.75) is 38.9 Å². The van der Waals surface area contributed by atoms with E-state index in [0.29, 0.717) is 6.54 Å². The Labute approximate surface area is 130 Å². The summed E-state index contributed by atoms with van der Waals surface area (Å²) in [5.74, 6) is 0.559. The van der Waals surface area contributed by atoms with Crippen LogP contribution < -0.4 is 10.6 Å². The summed E-state index contributed by atoms with van der Waals surface area (Å²) in [4.78, 5) is 12.0. The van der Waals surface area contributed by atoms with Crippen molar-refractivity contribution in [1.29, 1.82) is 0 Å². The van der Waals surface area contributed by atoms with Gasteiger partial charge in [-0.15, -0.1) is 0 Å². The number of nitrogens with one attached hydrogen (secondary N) is 2. The molecule has 0 unspecified atom stereocenters. The molecule has 0 heterocycles. The SMILES string of the molecule is Cc1ccc(NC(=O)NC[C@@H]2C[C@H]3C[C@@H]2[C@H](O)[C@@H]3O)c(C)c1. The van der Waals surface area contributed by atoms with Crippen molar-refractivity contribution in [2.75, 3.05) is 11.9 Å². The standard InChI is InChI=1S/C17H24N2O3/c1-9-3-4-14(10(2)5-9)19-17(22)18-8-12-6-11-7-13(12)16(21)15(11)20/h3-5,11-13,15-16,20-21H,6-8H2,1-2H3,(H2,18,19,22)/t11-,12-,13-,15+,16-/m0/s1. The van der Waals surface area contributed by atoms with Gasteiger partial charge in [0.2, 0.25) is 0 Å². The van der Waals surface area contributed by atoms with Crippen molar-refractivity contribution in [2.24, 2.45) is 17.8 Å². The maximum atomic E-state index is 12.0. The van der Waals surface area contributed by atoms with Crippen LogP contribution in [-0.2, 0) is 0 Å². The van der Waals surface area contributed by atoms with Crippen LogP contribution in [0.2, 0.25) is 0 Å². The molecule has 5 nitrogen and oxygen atoms in total. The van der Waals surface area contributed by atoms with Crippen molar-refractivity contribution in [3.63, 3.8) is 0 Å². The fourth-order valence-electron chi connectivity index (χ4n) is 4.01. The van der Waals surface area contributed by atoms with Crippen molar-refractivity contribution >= 4 is 11.7 Å². The molecule has 22 heavy (non-hydrogen) atoms. The summed E-state index contributed by atoms with van der Waals surface area (Å²) in [7, 11) is 0. The molecule has 2 aliphatic carbocycles. The highest BCUT2D eigenvalue weighted by Gasteiger charge is 2.51. The summed E-state index contributed by atoms with van der Waals surface area (Å²) in [6.45, 7) is 4.53. The molecule has 2 fully saturated rings. The van der Waals surface area contributed by atoms with E-state index in [-0.39, 0.29) is 23.8 Å². The second-order valence-corrected chi connectivity index (χ2v) is 6.79. The van der Waals surface area contributed by atoms with Gasteiger partial charge < -0.3 is 20.8 Å². The fourth-order valence-corrected chi connectivity index (χ4v) is 4.01. The van der Waals surface area contributed by atoms with Crippen molar-refractivity contribution in [3.05, 3.63) is 29.3 Å². The number of hydrogen-bond donors (Lipinski definition) is 4. The zero-order valence-electron chi connectivity index (χ0n) is 13.0. The molecule has 2 amide bonds. The Bertz CT molecular complexity index is 573. The first-order valence-electron chi connectivity index (χ1n) is 7.94. The maximum absolute atomic E-state index is 12.0. The molecule has 0 radical (unpaired) electrons. The Morgan fingerprint density at radius 3 is 2.64 bits per heavy atom. The van der Waals surface area contributed by atoms with Gasteiger partial charge in [0.05, 0.1) is 12.2 Å². The lowest BCUT2D eigenvalue weighted by Crippen LogP contribution is -2.42. The smallest absolute Gasteiger partial charge is 0.319 e. The zero-order valence-corrected chi connectivity index (χ0v) is 13.0. The van der Waals surface area contributed by atoms with E-state index in [1.165, 1.54) is 0 Å². The van der Waals surface area contributed by atoms with Gasteiger partial charge in [-0.05, 0) is 56.1 Å². The molecule has 5 heteroatoms. The van der Waals surface area contributed by atoms with Crippen LogP contribution in [0.1, 0.15) is 24.0 Å². The van der Waals surface area contributed by atoms with Gasteiger partial charge in [-0.1, -0.05) is 17.7 Å². The monoisotopic (exact) mass is 304 g/mol. The molecule has 2 aliphatic rings. The van der Waals surface area contributed by atoms with Crippen LogP contribution in [0.15, 0.2) is 18.2 Å². The van der Waals surface area contributed by atoms with Crippen LogP contribution in [0.25, 0.3) is 0 Å². The van der Waals surface area contributed by atoms with Crippen LogP contribution in [0.3, 0.4) is 0 Å². The summed E-state index contributed by atoms with van der Waals surface area (Å²) in [5, 5.41) is 25.5. The Kier molecular flexibility index (Phi) is 4.10. The summed E-state index contributed by atoms with van der Waals surface area (Å²) < 4.78 is 0. The van der Waals surface area contributed by atoms with Gasteiger partial charge in [-0.2, -0.15) is 0 Å². The Morgan fingerprint density at radius 1 is 1.23 bits per heavy atom. The van der Waals surface area contributed by atoms with E-state index in [1.807, 2.05) is 32.0 Å². The van der Waals surface area contributed by atoms with Crippen LogP contribution in [0, 0.1) is 31.6 Å². The minimum absolute atomic E-state index is 0.112. The number of hydrogen-bond acceptors (Lipinski definition) is 3. The first-order chi connectivity index (χ1) is 10.5. The lowest BCUT2D eigenvalue weighted by Gasteiger charge is -2.29. The summed E-state index contributed by atoms with van der Waals surface area (Å²) in [6.07, 6.45) is 0.540. The number of rotatable bonds is 3. The lowest BCUT2D eigenvalue weighted by atomic mass is 9.85. The minimum Gasteiger partial charge on any atom is -0.390 e. The molecule has 2 saturated carbocycles. The van der Waals surface area contributed by atoms with Crippen LogP contribution in [0.4, 0.5) is 10.5 Å². The average molecular weight is 304 g/mol. The predicted molar refractivity (Wildman–Crippen MR) is 84.7 cm³/mol. The lowest BCUT2D eigenvalue weighted by molar-refractivity contribution is -0.0330. The van der Waals surface area contributed by atoms with E-state index < -0.39 is 12.2 Å². The molecule has 4 N–H and O–H groups in total. The van der Waals surface area contributed by atoms with Gasteiger partial charge in [0.1, 0.15) is 0 Å². The predicted octanol–water partition coefficient (Wildman–Crippen LogP) is 1.80. The third kappa shape index (κ3) is 2.83. The third-order valence-corrected chi connectivity index (χ3v) is 5.21. The quantitative estimate of drug-likeness (QED) is 0.687. The second kappa shape index (κ2) is 5.89. The largest absolute Gasteiger partial charge is 0.390 e. The number of anilines is 1. The number of carbonyl (C=O) groups excluding carboxylic acids is 1. The molecule has 3 rings (SSSR count). The molecule has 0 spiro atoms. The molecule has 1 aromatic rings. The number of urea groups is 1. The van der Waals surface area contributed by atoms with Gasteiger partial charge >= 0.3 is 6.03 Å². The average Bonchev–Trinajstić information content (AvgIpc) is 3.00. The highest BCUT2D eigenvalue weighted by atomic mass is 16.3. The molecule has 0 saturated heterocycles. The van der Waals surface area contributed by atoms with Crippen LogP contribution >= 0.6 is 0 Å². The second-order valence-electron chi connectivity index (χ2n) is 6.79. The van der Waals surface area contributed by atoms with E-state index in [4.69, 9.17) is 0 Å². The Balaban J connectivity index is 1.51. The van der Waals surface area contributed by atoms with Gasteiger partial charge in [0, 0.05) is 12.2 Å². The van der Waals surface area contributed by atoms with Crippen molar-refractivity contribution in [1.82, 2.24) is 5.32 Å². The fraction of sp³-hybridized carbons (Fsp3) is 0.588. The maximum Gasteiger partial charge on any atom is 0.319 e. The number of aryl methyl sites for hydroxylation is 2. The van der Waals surface area contributed by atoms with E-state index in [1.54, 1.807) is 0 Å². The minimum atomic E-state index is -0.632. The molecular weight excluding hydrogens is 280 g/mol. The summed E-state index contributed by atoms with van der Waals surface area (Å²) in [5.41, 5.74) is 3.01. The third-order valence-electron chi connectivity index (χ3n) is 5.21. The Morgan fingerprint density at radius 2 is 2.00 bits per heavy atom. The van der Waals surface area contributed by atoms with Gasteiger partial charge in [-0.25, -0.2) is 4.79 Å². The number of carbonyl (C=O) groups is 1. The van der Waals surface area contributed by atoms with E-state index in [9.17, 15) is 15.0 Å². The number of amides is 2. The van der Waals surface area contributed by atoms with Gasteiger partial charge in [0.15, 0.2) is 0 Å². The highest BCUT2D eigenvalue weighted by Crippen LogP contribution is 2.48. The number of fused-ring (bicyclic) bond motifs is 2. The number of benzene rings is 1. The first kappa shape index (κ1) is 15.3. The summed E-state index contributed by atoms with van der Waals surface area (Å²) >= 11 is 0.